The lowest BCUT2D eigenvalue weighted by atomic mass is 10.1. The number of nitrogens with zero attached hydrogens (tertiary/aromatic N) is 1. The largest absolute Gasteiger partial charge is 0.493 e. The Morgan fingerprint density at radius 3 is 2.48 bits per heavy atom. The van der Waals surface area contributed by atoms with Gasteiger partial charge in [-0.05, 0) is 43.7 Å². The summed E-state index contributed by atoms with van der Waals surface area (Å²) in [5, 5.41) is 2.71. The van der Waals surface area contributed by atoms with Crippen molar-refractivity contribution in [3.8, 4) is 5.75 Å². The van der Waals surface area contributed by atoms with Gasteiger partial charge in [-0.15, -0.1) is 0 Å². The van der Waals surface area contributed by atoms with E-state index in [-0.39, 0.29) is 24.3 Å². The van der Waals surface area contributed by atoms with E-state index >= 15 is 0 Å². The molecule has 0 bridgehead atoms. The van der Waals surface area contributed by atoms with Crippen LogP contribution in [0, 0.1) is 0 Å². The molecule has 0 spiro atoms. The van der Waals surface area contributed by atoms with Gasteiger partial charge in [-0.2, -0.15) is 0 Å². The van der Waals surface area contributed by atoms with Crippen LogP contribution in [0.1, 0.15) is 36.2 Å². The minimum absolute atomic E-state index is 0.170. The molecule has 1 N–H and O–H groups in total. The Kier molecular flexibility index (Phi) is 7.65. The van der Waals surface area contributed by atoms with Crippen LogP contribution in [0.4, 0.5) is 0 Å². The molecule has 1 saturated heterocycles. The van der Waals surface area contributed by atoms with Gasteiger partial charge in [0.15, 0.2) is 0 Å². The van der Waals surface area contributed by atoms with Gasteiger partial charge in [0, 0.05) is 25.1 Å². The number of amides is 2. The highest BCUT2D eigenvalue weighted by Crippen LogP contribution is 2.18. The van der Waals surface area contributed by atoms with E-state index in [9.17, 15) is 14.4 Å². The zero-order chi connectivity index (χ0) is 22.2. The standard InChI is InChI=1S/C24H28N2O5/c1-17(2)31-22(27)16-21-23(28)25-13-14-26(21)24(29)19-8-10-20(11-9-19)30-15-12-18-6-4-3-5-7-18/h3-11,17,21H,12-16H2,1-2H3,(H,25,28). The molecule has 7 heteroatoms. The van der Waals surface area contributed by atoms with E-state index in [4.69, 9.17) is 9.47 Å². The molecule has 2 aromatic carbocycles. The van der Waals surface area contributed by atoms with Crippen molar-refractivity contribution in [2.75, 3.05) is 19.7 Å². The van der Waals surface area contributed by atoms with E-state index in [1.54, 1.807) is 38.1 Å². The molecular weight excluding hydrogens is 396 g/mol. The molecule has 0 saturated carbocycles. The number of benzene rings is 2. The predicted octanol–water partition coefficient (Wildman–Crippen LogP) is 2.59. The summed E-state index contributed by atoms with van der Waals surface area (Å²) in [6.07, 6.45) is 0.340. The van der Waals surface area contributed by atoms with E-state index in [0.29, 0.717) is 31.0 Å². The van der Waals surface area contributed by atoms with E-state index in [1.165, 1.54) is 10.5 Å². The van der Waals surface area contributed by atoms with Crippen molar-refractivity contribution in [1.29, 1.82) is 0 Å². The highest BCUT2D eigenvalue weighted by Gasteiger charge is 2.35. The predicted molar refractivity (Wildman–Crippen MR) is 116 cm³/mol. The van der Waals surface area contributed by atoms with Crippen molar-refractivity contribution in [2.24, 2.45) is 0 Å². The van der Waals surface area contributed by atoms with Crippen molar-refractivity contribution in [1.82, 2.24) is 10.2 Å². The molecule has 31 heavy (non-hydrogen) atoms. The zero-order valence-corrected chi connectivity index (χ0v) is 17.9. The van der Waals surface area contributed by atoms with Gasteiger partial charge < -0.3 is 19.7 Å². The summed E-state index contributed by atoms with van der Waals surface area (Å²) in [5.41, 5.74) is 1.63. The highest BCUT2D eigenvalue weighted by atomic mass is 16.5. The topological polar surface area (TPSA) is 84.9 Å². The molecule has 0 aliphatic carbocycles. The molecule has 7 nitrogen and oxygen atoms in total. The third kappa shape index (κ3) is 6.31. The fourth-order valence-electron chi connectivity index (χ4n) is 3.42. The Balaban J connectivity index is 1.60. The van der Waals surface area contributed by atoms with Gasteiger partial charge in [0.2, 0.25) is 5.91 Å². The summed E-state index contributed by atoms with van der Waals surface area (Å²) in [6.45, 7) is 4.70. The monoisotopic (exact) mass is 424 g/mol. The first kappa shape index (κ1) is 22.3. The maximum absolute atomic E-state index is 13.0. The molecule has 1 heterocycles. The Labute approximate surface area is 182 Å². The molecule has 0 aromatic heterocycles. The summed E-state index contributed by atoms with van der Waals surface area (Å²) in [7, 11) is 0. The average Bonchev–Trinajstić information content (AvgIpc) is 2.75. The van der Waals surface area contributed by atoms with Crippen LogP contribution in [-0.2, 0) is 20.7 Å². The quantitative estimate of drug-likeness (QED) is 0.659. The van der Waals surface area contributed by atoms with Crippen molar-refractivity contribution >= 4 is 17.8 Å². The normalized spacial score (nSPS) is 16.0. The number of hydrogen-bond acceptors (Lipinski definition) is 5. The Morgan fingerprint density at radius 1 is 1.10 bits per heavy atom. The molecule has 3 rings (SSSR count). The summed E-state index contributed by atoms with van der Waals surface area (Å²) >= 11 is 0. The molecule has 1 atom stereocenters. The summed E-state index contributed by atoms with van der Waals surface area (Å²) in [6, 6.07) is 16.0. The van der Waals surface area contributed by atoms with E-state index in [2.05, 4.69) is 5.32 Å². The molecule has 2 amide bonds. The number of carbonyl (C=O) groups excluding carboxylic acids is 3. The molecule has 0 radical (unpaired) electrons. The minimum Gasteiger partial charge on any atom is -0.493 e. The number of ether oxygens (including phenoxy) is 2. The van der Waals surface area contributed by atoms with Gasteiger partial charge in [-0.1, -0.05) is 30.3 Å². The van der Waals surface area contributed by atoms with Crippen LogP contribution in [-0.4, -0.2) is 54.5 Å². The van der Waals surface area contributed by atoms with E-state index < -0.39 is 12.0 Å². The minimum atomic E-state index is -0.880. The van der Waals surface area contributed by atoms with Crippen LogP contribution in [0.5, 0.6) is 5.75 Å². The number of piperazine rings is 1. The molecule has 1 aliphatic rings. The smallest absolute Gasteiger partial charge is 0.308 e. The van der Waals surface area contributed by atoms with Crippen molar-refractivity contribution < 1.29 is 23.9 Å². The lowest BCUT2D eigenvalue weighted by Crippen LogP contribution is -2.57. The highest BCUT2D eigenvalue weighted by molar-refractivity contribution is 5.99. The van der Waals surface area contributed by atoms with Gasteiger partial charge in [0.05, 0.1) is 19.1 Å². The van der Waals surface area contributed by atoms with E-state index in [0.717, 1.165) is 6.42 Å². The number of hydrogen-bond donors (Lipinski definition) is 1. The molecule has 2 aromatic rings. The molecular formula is C24H28N2O5. The summed E-state index contributed by atoms with van der Waals surface area (Å²) in [4.78, 5) is 38.8. The van der Waals surface area contributed by atoms with Crippen molar-refractivity contribution in [3.05, 3.63) is 65.7 Å². The first-order chi connectivity index (χ1) is 14.9. The second kappa shape index (κ2) is 10.6. The molecule has 1 aliphatic heterocycles. The van der Waals surface area contributed by atoms with Crippen LogP contribution in [0.3, 0.4) is 0 Å². The zero-order valence-electron chi connectivity index (χ0n) is 17.9. The Bertz CT molecular complexity index is 896. The first-order valence-corrected chi connectivity index (χ1v) is 10.5. The van der Waals surface area contributed by atoms with Crippen molar-refractivity contribution in [2.45, 2.75) is 38.8 Å². The molecule has 1 unspecified atom stereocenters. The van der Waals surface area contributed by atoms with Crippen LogP contribution in [0.2, 0.25) is 0 Å². The molecule has 1 fully saturated rings. The third-order valence-electron chi connectivity index (χ3n) is 4.92. The van der Waals surface area contributed by atoms with Gasteiger partial charge in [0.1, 0.15) is 11.8 Å². The number of esters is 1. The second-order valence-electron chi connectivity index (χ2n) is 7.66. The van der Waals surface area contributed by atoms with Crippen LogP contribution in [0.25, 0.3) is 0 Å². The molecule has 164 valence electrons. The lowest BCUT2D eigenvalue weighted by molar-refractivity contribution is -0.151. The summed E-state index contributed by atoms with van der Waals surface area (Å²) < 4.78 is 10.9. The maximum atomic E-state index is 13.0. The Morgan fingerprint density at radius 2 is 1.81 bits per heavy atom. The first-order valence-electron chi connectivity index (χ1n) is 10.5. The van der Waals surface area contributed by atoms with Gasteiger partial charge in [0.25, 0.3) is 5.91 Å². The van der Waals surface area contributed by atoms with Gasteiger partial charge in [-0.3, -0.25) is 14.4 Å². The number of carbonyl (C=O) groups is 3. The third-order valence-corrected chi connectivity index (χ3v) is 4.92. The van der Waals surface area contributed by atoms with E-state index in [1.807, 2.05) is 30.3 Å². The average molecular weight is 424 g/mol. The lowest BCUT2D eigenvalue weighted by Gasteiger charge is -2.34. The number of nitrogens with one attached hydrogen (secondary N) is 1. The van der Waals surface area contributed by atoms with Crippen LogP contribution >= 0.6 is 0 Å². The van der Waals surface area contributed by atoms with Gasteiger partial charge >= 0.3 is 5.97 Å². The van der Waals surface area contributed by atoms with Gasteiger partial charge in [-0.25, -0.2) is 0 Å². The van der Waals surface area contributed by atoms with Crippen molar-refractivity contribution in [3.63, 3.8) is 0 Å². The second-order valence-corrected chi connectivity index (χ2v) is 7.66. The SMILES string of the molecule is CC(C)OC(=O)CC1C(=O)NCCN1C(=O)c1ccc(OCCc2ccccc2)cc1. The number of rotatable bonds is 8. The summed E-state index contributed by atoms with van der Waals surface area (Å²) in [5.74, 6) is -0.479. The maximum Gasteiger partial charge on any atom is 0.308 e. The van der Waals surface area contributed by atoms with Crippen LogP contribution in [0.15, 0.2) is 54.6 Å². The van der Waals surface area contributed by atoms with Crippen LogP contribution < -0.4 is 10.1 Å². The fraction of sp³-hybridized carbons (Fsp3) is 0.375. The Hall–Kier alpha value is -3.35. The fourth-order valence-corrected chi connectivity index (χ4v) is 3.42.